The first-order chi connectivity index (χ1) is 15.9. The van der Waals surface area contributed by atoms with Crippen molar-refractivity contribution in [3.05, 3.63) is 83.4 Å². The highest BCUT2D eigenvalue weighted by atomic mass is 16.4. The minimum absolute atomic E-state index is 0.00970. The van der Waals surface area contributed by atoms with Gasteiger partial charge in [-0.2, -0.15) is 0 Å². The smallest absolute Gasteiger partial charge is 0.335 e. The molecule has 1 aliphatic heterocycles. The number of aliphatic hydroxyl groups excluding tert-OH is 1. The van der Waals surface area contributed by atoms with Gasteiger partial charge >= 0.3 is 5.97 Å². The molecule has 5 heteroatoms. The van der Waals surface area contributed by atoms with E-state index in [2.05, 4.69) is 11.8 Å². The van der Waals surface area contributed by atoms with Crippen molar-refractivity contribution in [2.75, 3.05) is 6.54 Å². The minimum atomic E-state index is -0.935. The normalized spacial score (nSPS) is 17.6. The van der Waals surface area contributed by atoms with Gasteiger partial charge in [-0.15, -0.1) is 0 Å². The van der Waals surface area contributed by atoms with Gasteiger partial charge in [-0.05, 0) is 55.0 Å². The Morgan fingerprint density at radius 2 is 2.00 bits per heavy atom. The third kappa shape index (κ3) is 7.34. The summed E-state index contributed by atoms with van der Waals surface area (Å²) in [5, 5.41) is 19.6. The molecular weight excluding hydrogens is 414 g/mol. The molecule has 1 fully saturated rings. The monoisotopic (exact) mass is 445 g/mol. The highest BCUT2D eigenvalue weighted by Gasteiger charge is 2.28. The van der Waals surface area contributed by atoms with Gasteiger partial charge in [-0.1, -0.05) is 61.2 Å². The maximum atomic E-state index is 12.4. The SMILES string of the molecule is C[C@@H](CC#Cc1ccccc1)[C@H](O)/C=C/[C@H]1CCC(=O)N1CCCc1cccc(C(=O)O)c1. The maximum absolute atomic E-state index is 12.4. The number of benzene rings is 2. The molecule has 172 valence electrons. The molecule has 2 aromatic carbocycles. The van der Waals surface area contributed by atoms with E-state index in [-0.39, 0.29) is 23.4 Å². The van der Waals surface area contributed by atoms with Crippen molar-refractivity contribution in [2.24, 2.45) is 5.92 Å². The van der Waals surface area contributed by atoms with Crippen molar-refractivity contribution in [1.82, 2.24) is 4.90 Å². The fourth-order valence-corrected chi connectivity index (χ4v) is 3.95. The van der Waals surface area contributed by atoms with E-state index in [1.54, 1.807) is 24.3 Å². The fraction of sp³-hybridized carbons (Fsp3) is 0.357. The second-order valence-corrected chi connectivity index (χ2v) is 8.53. The summed E-state index contributed by atoms with van der Waals surface area (Å²) in [6.07, 6.45) is 6.43. The number of hydrogen-bond acceptors (Lipinski definition) is 3. The molecule has 1 aliphatic rings. The van der Waals surface area contributed by atoms with E-state index in [0.29, 0.717) is 25.8 Å². The summed E-state index contributed by atoms with van der Waals surface area (Å²) in [4.78, 5) is 25.4. The van der Waals surface area contributed by atoms with Gasteiger partial charge in [0.15, 0.2) is 0 Å². The van der Waals surface area contributed by atoms with Gasteiger partial charge in [-0.3, -0.25) is 4.79 Å². The van der Waals surface area contributed by atoms with Crippen LogP contribution < -0.4 is 0 Å². The summed E-state index contributed by atoms with van der Waals surface area (Å²) >= 11 is 0. The van der Waals surface area contributed by atoms with E-state index in [4.69, 9.17) is 5.11 Å². The van der Waals surface area contributed by atoms with E-state index in [0.717, 1.165) is 24.0 Å². The molecule has 0 radical (unpaired) electrons. The first-order valence-corrected chi connectivity index (χ1v) is 11.5. The molecule has 1 saturated heterocycles. The van der Waals surface area contributed by atoms with E-state index >= 15 is 0 Å². The Bertz CT molecular complexity index is 1030. The van der Waals surface area contributed by atoms with Crippen LogP contribution in [0.3, 0.4) is 0 Å². The average Bonchev–Trinajstić information content (AvgIpc) is 3.17. The molecule has 1 amide bonds. The zero-order chi connectivity index (χ0) is 23.6. The maximum Gasteiger partial charge on any atom is 0.335 e. The molecule has 2 N–H and O–H groups in total. The van der Waals surface area contributed by atoms with Crippen LogP contribution in [-0.4, -0.2) is 45.7 Å². The van der Waals surface area contributed by atoms with Crippen molar-refractivity contribution >= 4 is 11.9 Å². The molecule has 3 atom stereocenters. The number of rotatable bonds is 9. The van der Waals surface area contributed by atoms with E-state index < -0.39 is 12.1 Å². The lowest BCUT2D eigenvalue weighted by Gasteiger charge is -2.23. The zero-order valence-electron chi connectivity index (χ0n) is 19.0. The van der Waals surface area contributed by atoms with Crippen molar-refractivity contribution in [3.8, 4) is 11.8 Å². The van der Waals surface area contributed by atoms with Gasteiger partial charge in [0, 0.05) is 24.9 Å². The Morgan fingerprint density at radius 1 is 1.21 bits per heavy atom. The summed E-state index contributed by atoms with van der Waals surface area (Å²) in [6.45, 7) is 2.58. The molecule has 0 aromatic heterocycles. The van der Waals surface area contributed by atoms with E-state index in [1.165, 1.54) is 0 Å². The van der Waals surface area contributed by atoms with E-state index in [1.807, 2.05) is 54.3 Å². The van der Waals surface area contributed by atoms with Crippen molar-refractivity contribution in [3.63, 3.8) is 0 Å². The number of nitrogens with zero attached hydrogens (tertiary/aromatic N) is 1. The number of carbonyl (C=O) groups excluding carboxylic acids is 1. The van der Waals surface area contributed by atoms with Gasteiger partial charge in [0.1, 0.15) is 0 Å². The molecule has 0 aliphatic carbocycles. The Hall–Kier alpha value is -3.36. The molecule has 3 rings (SSSR count). The zero-order valence-corrected chi connectivity index (χ0v) is 19.0. The minimum Gasteiger partial charge on any atom is -0.478 e. The molecule has 0 bridgehead atoms. The molecule has 0 spiro atoms. The van der Waals surface area contributed by atoms with Crippen LogP contribution in [0.2, 0.25) is 0 Å². The van der Waals surface area contributed by atoms with Crippen LogP contribution in [0.1, 0.15) is 54.1 Å². The van der Waals surface area contributed by atoms with Crippen LogP contribution in [-0.2, 0) is 11.2 Å². The summed E-state index contributed by atoms with van der Waals surface area (Å²) in [7, 11) is 0. The van der Waals surface area contributed by atoms with Gasteiger partial charge in [0.2, 0.25) is 5.91 Å². The Morgan fingerprint density at radius 3 is 2.76 bits per heavy atom. The summed E-state index contributed by atoms with van der Waals surface area (Å²) in [6, 6.07) is 16.7. The quantitative estimate of drug-likeness (QED) is 0.446. The van der Waals surface area contributed by atoms with Crippen LogP contribution in [0.5, 0.6) is 0 Å². The molecule has 0 unspecified atom stereocenters. The molecule has 2 aromatic rings. The second kappa shape index (κ2) is 12.0. The summed E-state index contributed by atoms with van der Waals surface area (Å²) in [5.41, 5.74) is 2.20. The molecule has 33 heavy (non-hydrogen) atoms. The van der Waals surface area contributed by atoms with Crippen LogP contribution in [0.15, 0.2) is 66.7 Å². The number of likely N-dealkylation sites (tertiary alicyclic amines) is 1. The number of aryl methyl sites for hydroxylation is 1. The van der Waals surface area contributed by atoms with Crippen LogP contribution in [0.4, 0.5) is 0 Å². The lowest BCUT2D eigenvalue weighted by molar-refractivity contribution is -0.128. The first kappa shape index (κ1) is 24.3. The third-order valence-corrected chi connectivity index (χ3v) is 5.96. The topological polar surface area (TPSA) is 77.8 Å². The predicted octanol–water partition coefficient (Wildman–Crippen LogP) is 4.30. The number of aromatic carboxylic acids is 1. The molecule has 0 saturated carbocycles. The number of hydrogen-bond donors (Lipinski definition) is 2. The largest absolute Gasteiger partial charge is 0.478 e. The average molecular weight is 446 g/mol. The summed E-state index contributed by atoms with van der Waals surface area (Å²) < 4.78 is 0. The number of carboxylic acid groups (broad SMARTS) is 1. The predicted molar refractivity (Wildman–Crippen MR) is 129 cm³/mol. The number of carboxylic acids is 1. The van der Waals surface area contributed by atoms with E-state index in [9.17, 15) is 14.7 Å². The number of carbonyl (C=O) groups is 2. The number of amides is 1. The van der Waals surface area contributed by atoms with Crippen molar-refractivity contribution < 1.29 is 19.8 Å². The van der Waals surface area contributed by atoms with Crippen molar-refractivity contribution in [1.29, 1.82) is 0 Å². The van der Waals surface area contributed by atoms with Gasteiger partial charge < -0.3 is 15.1 Å². The van der Waals surface area contributed by atoms with Crippen LogP contribution in [0, 0.1) is 17.8 Å². The van der Waals surface area contributed by atoms with Crippen molar-refractivity contribution in [2.45, 2.75) is 51.2 Å². The molecular formula is C28H31NO4. The molecule has 5 nitrogen and oxygen atoms in total. The van der Waals surface area contributed by atoms with Gasteiger partial charge in [0.05, 0.1) is 17.7 Å². The Balaban J connectivity index is 1.49. The number of aliphatic hydroxyl groups is 1. The first-order valence-electron chi connectivity index (χ1n) is 11.5. The third-order valence-electron chi connectivity index (χ3n) is 5.96. The Labute approximate surface area is 195 Å². The highest BCUT2D eigenvalue weighted by Crippen LogP contribution is 2.22. The lowest BCUT2D eigenvalue weighted by Crippen LogP contribution is -2.33. The lowest BCUT2D eigenvalue weighted by atomic mass is 9.99. The second-order valence-electron chi connectivity index (χ2n) is 8.53. The van der Waals surface area contributed by atoms with Gasteiger partial charge in [0.25, 0.3) is 0 Å². The highest BCUT2D eigenvalue weighted by molar-refractivity contribution is 5.87. The van der Waals surface area contributed by atoms with Crippen LogP contribution in [0.25, 0.3) is 0 Å². The Kier molecular flexibility index (Phi) is 8.86. The molecule has 1 heterocycles. The van der Waals surface area contributed by atoms with Gasteiger partial charge in [-0.25, -0.2) is 4.79 Å². The van der Waals surface area contributed by atoms with Crippen LogP contribution >= 0.6 is 0 Å². The standard InChI is InChI=1S/C28H31NO4/c1-21(8-5-11-22-9-3-2-4-10-22)26(30)17-15-25-16-18-27(31)29(25)19-7-13-23-12-6-14-24(20-23)28(32)33/h2-4,6,9-10,12,14-15,17,20-21,25-26,30H,7-8,13,16,18-19H2,1H3,(H,32,33)/b17-15+/t21-,25-,26+/m0/s1. The fourth-order valence-electron chi connectivity index (χ4n) is 3.95. The summed E-state index contributed by atoms with van der Waals surface area (Å²) in [5.74, 6) is 5.43.